The highest BCUT2D eigenvalue weighted by Gasteiger charge is 2.31. The Hall–Kier alpha value is -2.46. The van der Waals surface area contributed by atoms with Crippen molar-refractivity contribution in [2.24, 2.45) is 0 Å². The standard InChI is InChI=1S/C18H16N2OS/c1-12-6-8-14(9-7-12)11-16-17(21)20(18(22)19-16)15-5-3-4-13(2)10-15/h3-11H,1-2H3,(H,19,22)/b16-11+. The lowest BCUT2D eigenvalue weighted by atomic mass is 10.1. The number of benzene rings is 2. The second kappa shape index (κ2) is 5.73. The molecule has 110 valence electrons. The van der Waals surface area contributed by atoms with Crippen molar-refractivity contribution in [3.8, 4) is 0 Å². The van der Waals surface area contributed by atoms with Crippen LogP contribution in [-0.2, 0) is 4.79 Å². The van der Waals surface area contributed by atoms with Crippen molar-refractivity contribution >= 4 is 35.0 Å². The molecule has 1 heterocycles. The normalized spacial score (nSPS) is 16.3. The van der Waals surface area contributed by atoms with Crippen LogP contribution in [0.4, 0.5) is 5.69 Å². The Bertz CT molecular complexity index is 778. The molecule has 0 radical (unpaired) electrons. The molecule has 0 aliphatic carbocycles. The van der Waals surface area contributed by atoms with Gasteiger partial charge in [-0.15, -0.1) is 0 Å². The number of thiocarbonyl (C=S) groups is 1. The third kappa shape index (κ3) is 2.78. The third-order valence-electron chi connectivity index (χ3n) is 3.53. The Morgan fingerprint density at radius 2 is 1.77 bits per heavy atom. The summed E-state index contributed by atoms with van der Waals surface area (Å²) in [5.74, 6) is -0.129. The van der Waals surface area contributed by atoms with E-state index in [-0.39, 0.29) is 5.91 Å². The SMILES string of the molecule is Cc1ccc(/C=C2/NC(=S)N(c3cccc(C)c3)C2=O)cc1. The van der Waals surface area contributed by atoms with Crippen LogP contribution in [-0.4, -0.2) is 11.0 Å². The quantitative estimate of drug-likeness (QED) is 0.680. The summed E-state index contributed by atoms with van der Waals surface area (Å²) in [6.07, 6.45) is 1.82. The molecule has 0 unspecified atom stereocenters. The molecule has 0 spiro atoms. The topological polar surface area (TPSA) is 32.3 Å². The van der Waals surface area contributed by atoms with Gasteiger partial charge in [0.05, 0.1) is 5.69 Å². The number of hydrogen-bond donors (Lipinski definition) is 1. The summed E-state index contributed by atoms with van der Waals surface area (Å²) in [7, 11) is 0. The van der Waals surface area contributed by atoms with E-state index in [1.807, 2.05) is 68.5 Å². The van der Waals surface area contributed by atoms with Gasteiger partial charge in [0.15, 0.2) is 5.11 Å². The number of nitrogens with one attached hydrogen (secondary N) is 1. The Labute approximate surface area is 135 Å². The van der Waals surface area contributed by atoms with Gasteiger partial charge >= 0.3 is 0 Å². The van der Waals surface area contributed by atoms with Crippen LogP contribution in [0.1, 0.15) is 16.7 Å². The summed E-state index contributed by atoms with van der Waals surface area (Å²) in [6.45, 7) is 4.02. The molecule has 3 rings (SSSR count). The zero-order valence-corrected chi connectivity index (χ0v) is 13.3. The van der Waals surface area contributed by atoms with Crippen molar-refractivity contribution in [1.29, 1.82) is 0 Å². The van der Waals surface area contributed by atoms with Crippen molar-refractivity contribution < 1.29 is 4.79 Å². The summed E-state index contributed by atoms with van der Waals surface area (Å²) in [4.78, 5) is 14.1. The maximum absolute atomic E-state index is 12.6. The van der Waals surface area contributed by atoms with Crippen molar-refractivity contribution in [3.05, 3.63) is 70.9 Å². The van der Waals surface area contributed by atoms with Crippen molar-refractivity contribution in [2.45, 2.75) is 13.8 Å². The number of amides is 1. The Kier molecular flexibility index (Phi) is 3.77. The molecule has 3 nitrogen and oxygen atoms in total. The monoisotopic (exact) mass is 308 g/mol. The van der Waals surface area contributed by atoms with Gasteiger partial charge in [0.25, 0.3) is 5.91 Å². The second-order valence-corrected chi connectivity index (χ2v) is 5.77. The molecule has 0 bridgehead atoms. The van der Waals surface area contributed by atoms with E-state index in [9.17, 15) is 4.79 Å². The molecule has 1 N–H and O–H groups in total. The van der Waals surface area contributed by atoms with Crippen LogP contribution in [0.25, 0.3) is 6.08 Å². The summed E-state index contributed by atoms with van der Waals surface area (Å²) in [6, 6.07) is 15.7. The average molecular weight is 308 g/mol. The highest BCUT2D eigenvalue weighted by molar-refractivity contribution is 7.80. The molecule has 22 heavy (non-hydrogen) atoms. The minimum Gasteiger partial charge on any atom is -0.327 e. The molecule has 1 saturated heterocycles. The lowest BCUT2D eigenvalue weighted by Crippen LogP contribution is -2.30. The number of carbonyl (C=O) groups is 1. The van der Waals surface area contributed by atoms with Gasteiger partial charge in [0, 0.05) is 0 Å². The minimum atomic E-state index is -0.129. The molecule has 2 aromatic carbocycles. The van der Waals surface area contributed by atoms with Gasteiger partial charge < -0.3 is 5.32 Å². The van der Waals surface area contributed by atoms with Crippen LogP contribution in [0, 0.1) is 13.8 Å². The number of nitrogens with zero attached hydrogens (tertiary/aromatic N) is 1. The summed E-state index contributed by atoms with van der Waals surface area (Å²) in [5, 5.41) is 3.41. The van der Waals surface area contributed by atoms with Crippen LogP contribution in [0.2, 0.25) is 0 Å². The van der Waals surface area contributed by atoms with E-state index >= 15 is 0 Å². The van der Waals surface area contributed by atoms with Gasteiger partial charge in [-0.05, 0) is 55.4 Å². The molecular formula is C18H16N2OS. The Balaban J connectivity index is 1.93. The van der Waals surface area contributed by atoms with E-state index in [0.717, 1.165) is 16.8 Å². The van der Waals surface area contributed by atoms with Gasteiger partial charge in [0.2, 0.25) is 0 Å². The van der Waals surface area contributed by atoms with Crippen molar-refractivity contribution in [3.63, 3.8) is 0 Å². The molecule has 1 aliphatic rings. The van der Waals surface area contributed by atoms with Crippen LogP contribution < -0.4 is 10.2 Å². The fourth-order valence-corrected chi connectivity index (χ4v) is 2.66. The van der Waals surface area contributed by atoms with Crippen LogP contribution >= 0.6 is 12.2 Å². The van der Waals surface area contributed by atoms with E-state index in [1.54, 1.807) is 0 Å². The van der Waals surface area contributed by atoms with Gasteiger partial charge in [-0.1, -0.05) is 42.0 Å². The Morgan fingerprint density at radius 1 is 1.05 bits per heavy atom. The third-order valence-corrected chi connectivity index (χ3v) is 3.81. The highest BCUT2D eigenvalue weighted by Crippen LogP contribution is 2.23. The van der Waals surface area contributed by atoms with E-state index in [4.69, 9.17) is 12.2 Å². The fraction of sp³-hybridized carbons (Fsp3) is 0.111. The summed E-state index contributed by atoms with van der Waals surface area (Å²) < 4.78 is 0. The van der Waals surface area contributed by atoms with E-state index in [1.165, 1.54) is 10.5 Å². The summed E-state index contributed by atoms with van der Waals surface area (Å²) in [5.41, 5.74) is 4.52. The largest absolute Gasteiger partial charge is 0.327 e. The molecule has 4 heteroatoms. The van der Waals surface area contributed by atoms with Crippen LogP contribution in [0.15, 0.2) is 54.2 Å². The first-order valence-electron chi connectivity index (χ1n) is 7.05. The lowest BCUT2D eigenvalue weighted by Gasteiger charge is -2.14. The van der Waals surface area contributed by atoms with Crippen LogP contribution in [0.3, 0.4) is 0 Å². The zero-order chi connectivity index (χ0) is 15.7. The predicted octanol–water partition coefficient (Wildman–Crippen LogP) is 3.57. The predicted molar refractivity (Wildman–Crippen MR) is 93.6 cm³/mol. The van der Waals surface area contributed by atoms with E-state index in [2.05, 4.69) is 5.32 Å². The highest BCUT2D eigenvalue weighted by atomic mass is 32.1. The van der Waals surface area contributed by atoms with E-state index < -0.39 is 0 Å². The number of carbonyl (C=O) groups excluding carboxylic acids is 1. The maximum Gasteiger partial charge on any atom is 0.281 e. The second-order valence-electron chi connectivity index (χ2n) is 5.38. The molecule has 2 aromatic rings. The minimum absolute atomic E-state index is 0.129. The Morgan fingerprint density at radius 3 is 2.45 bits per heavy atom. The van der Waals surface area contributed by atoms with Gasteiger partial charge in [-0.2, -0.15) is 0 Å². The first kappa shape index (κ1) is 14.5. The van der Waals surface area contributed by atoms with Gasteiger partial charge in [-0.25, -0.2) is 0 Å². The zero-order valence-electron chi connectivity index (χ0n) is 12.5. The molecular weight excluding hydrogens is 292 g/mol. The number of anilines is 1. The molecule has 1 fully saturated rings. The smallest absolute Gasteiger partial charge is 0.281 e. The molecule has 1 aliphatic heterocycles. The van der Waals surface area contributed by atoms with Crippen LogP contribution in [0.5, 0.6) is 0 Å². The molecule has 0 saturated carbocycles. The van der Waals surface area contributed by atoms with E-state index in [0.29, 0.717) is 10.8 Å². The summed E-state index contributed by atoms with van der Waals surface area (Å²) >= 11 is 5.31. The van der Waals surface area contributed by atoms with Gasteiger partial charge in [0.1, 0.15) is 5.70 Å². The van der Waals surface area contributed by atoms with Crippen molar-refractivity contribution in [2.75, 3.05) is 4.90 Å². The first-order chi connectivity index (χ1) is 10.5. The first-order valence-corrected chi connectivity index (χ1v) is 7.46. The molecule has 0 aromatic heterocycles. The fourth-order valence-electron chi connectivity index (χ4n) is 2.37. The number of hydrogen-bond acceptors (Lipinski definition) is 2. The van der Waals surface area contributed by atoms with Crippen molar-refractivity contribution in [1.82, 2.24) is 5.32 Å². The lowest BCUT2D eigenvalue weighted by molar-refractivity contribution is -0.113. The molecule has 1 amide bonds. The average Bonchev–Trinajstić information content (AvgIpc) is 2.76. The molecule has 0 atom stereocenters. The number of aryl methyl sites for hydroxylation is 2. The maximum atomic E-state index is 12.6. The number of rotatable bonds is 2. The van der Waals surface area contributed by atoms with Gasteiger partial charge in [-0.3, -0.25) is 9.69 Å².